The van der Waals surface area contributed by atoms with Crippen molar-refractivity contribution < 1.29 is 23.9 Å². The van der Waals surface area contributed by atoms with Gasteiger partial charge >= 0.3 is 5.97 Å². The van der Waals surface area contributed by atoms with E-state index in [4.69, 9.17) is 4.74 Å². The van der Waals surface area contributed by atoms with Gasteiger partial charge in [-0.25, -0.2) is 4.79 Å². The van der Waals surface area contributed by atoms with E-state index in [0.29, 0.717) is 5.56 Å². The van der Waals surface area contributed by atoms with Crippen molar-refractivity contribution in [1.82, 2.24) is 4.90 Å². The number of benzene rings is 2. The minimum absolute atomic E-state index is 0.258. The van der Waals surface area contributed by atoms with Crippen molar-refractivity contribution in [3.63, 3.8) is 0 Å². The van der Waals surface area contributed by atoms with Crippen LogP contribution in [0.4, 0.5) is 0 Å². The Hall–Kier alpha value is -3.28. The van der Waals surface area contributed by atoms with E-state index in [2.05, 4.69) is 0 Å². The number of esters is 1. The molecule has 3 rings (SSSR count). The van der Waals surface area contributed by atoms with Gasteiger partial charge in [-0.05, 0) is 51.0 Å². The molecule has 0 fully saturated rings. The first-order valence-electron chi connectivity index (χ1n) is 8.97. The van der Waals surface area contributed by atoms with Gasteiger partial charge in [-0.2, -0.15) is 0 Å². The van der Waals surface area contributed by atoms with Crippen LogP contribution in [0.15, 0.2) is 36.4 Å². The number of ketones is 1. The van der Waals surface area contributed by atoms with E-state index >= 15 is 0 Å². The summed E-state index contributed by atoms with van der Waals surface area (Å²) in [6, 6.07) is 9.05. The minimum atomic E-state index is -1.12. The topological polar surface area (TPSA) is 80.8 Å². The van der Waals surface area contributed by atoms with Crippen molar-refractivity contribution in [1.29, 1.82) is 0 Å². The van der Waals surface area contributed by atoms with Crippen LogP contribution in [0.1, 0.15) is 54.7 Å². The van der Waals surface area contributed by atoms with E-state index < -0.39 is 30.4 Å². The fraction of sp³-hybridized carbons (Fsp3) is 0.273. The highest BCUT2D eigenvalue weighted by atomic mass is 16.5. The zero-order chi connectivity index (χ0) is 20.6. The molecule has 2 aromatic carbocycles. The standard InChI is InChI=1S/C22H21NO5/c1-12-9-13(2)19(14(3)10-12)18(24)11-28-22(27)15(4)23-20(25)16-7-5-6-8-17(16)21(23)26/h5-10,15H,11H2,1-4H3/t15-/m1/s1. The zero-order valence-electron chi connectivity index (χ0n) is 16.2. The molecule has 28 heavy (non-hydrogen) atoms. The van der Waals surface area contributed by atoms with Crippen LogP contribution in [0.3, 0.4) is 0 Å². The highest BCUT2D eigenvalue weighted by Gasteiger charge is 2.41. The van der Waals surface area contributed by atoms with Gasteiger partial charge in [0.05, 0.1) is 11.1 Å². The molecule has 0 unspecified atom stereocenters. The SMILES string of the molecule is Cc1cc(C)c(C(=O)COC(=O)[C@@H](C)N2C(=O)c3ccccc3C2=O)c(C)c1. The number of rotatable bonds is 5. The third kappa shape index (κ3) is 3.33. The summed E-state index contributed by atoms with van der Waals surface area (Å²) in [6.07, 6.45) is 0. The average molecular weight is 379 g/mol. The van der Waals surface area contributed by atoms with Gasteiger partial charge in [-0.1, -0.05) is 29.8 Å². The van der Waals surface area contributed by atoms with Gasteiger partial charge in [-0.3, -0.25) is 19.3 Å². The summed E-state index contributed by atoms with van der Waals surface area (Å²) in [5.41, 5.74) is 3.71. The Kier molecular flexibility index (Phi) is 5.14. The second kappa shape index (κ2) is 7.38. The van der Waals surface area contributed by atoms with E-state index in [0.717, 1.165) is 21.6 Å². The van der Waals surface area contributed by atoms with Crippen molar-refractivity contribution in [2.24, 2.45) is 0 Å². The van der Waals surface area contributed by atoms with E-state index in [9.17, 15) is 19.2 Å². The molecule has 0 spiro atoms. The number of ether oxygens (including phenoxy) is 1. The number of imide groups is 1. The van der Waals surface area contributed by atoms with Crippen LogP contribution < -0.4 is 0 Å². The van der Waals surface area contributed by atoms with Gasteiger partial charge in [0.1, 0.15) is 6.04 Å². The Morgan fingerprint density at radius 2 is 1.46 bits per heavy atom. The monoisotopic (exact) mass is 379 g/mol. The van der Waals surface area contributed by atoms with Gasteiger partial charge < -0.3 is 4.74 Å². The van der Waals surface area contributed by atoms with Crippen molar-refractivity contribution in [3.05, 3.63) is 69.8 Å². The van der Waals surface area contributed by atoms with E-state index in [1.54, 1.807) is 24.3 Å². The lowest BCUT2D eigenvalue weighted by Crippen LogP contribution is -2.44. The molecule has 2 aromatic rings. The molecule has 1 heterocycles. The largest absolute Gasteiger partial charge is 0.456 e. The molecule has 0 saturated heterocycles. The predicted molar refractivity (Wildman–Crippen MR) is 102 cm³/mol. The van der Waals surface area contributed by atoms with Crippen LogP contribution in [-0.2, 0) is 9.53 Å². The number of nitrogens with zero attached hydrogens (tertiary/aromatic N) is 1. The van der Waals surface area contributed by atoms with Crippen LogP contribution in [0, 0.1) is 20.8 Å². The average Bonchev–Trinajstić information content (AvgIpc) is 2.89. The van der Waals surface area contributed by atoms with Gasteiger partial charge in [0.2, 0.25) is 5.78 Å². The van der Waals surface area contributed by atoms with Gasteiger partial charge in [0.25, 0.3) is 11.8 Å². The number of carbonyl (C=O) groups is 4. The Bertz CT molecular complexity index is 950. The summed E-state index contributed by atoms with van der Waals surface area (Å²) in [7, 11) is 0. The van der Waals surface area contributed by atoms with E-state index in [-0.39, 0.29) is 16.9 Å². The Morgan fingerprint density at radius 3 is 1.96 bits per heavy atom. The van der Waals surface area contributed by atoms with Gasteiger partial charge in [0, 0.05) is 5.56 Å². The maximum atomic E-state index is 12.5. The number of carbonyl (C=O) groups excluding carboxylic acids is 4. The molecular weight excluding hydrogens is 358 g/mol. The fourth-order valence-electron chi connectivity index (χ4n) is 3.61. The second-order valence-corrected chi connectivity index (χ2v) is 7.01. The predicted octanol–water partition coefficient (Wildman–Crippen LogP) is 3.02. The first-order valence-corrected chi connectivity index (χ1v) is 8.97. The summed E-state index contributed by atoms with van der Waals surface area (Å²) in [4.78, 5) is 50.7. The highest BCUT2D eigenvalue weighted by molar-refractivity contribution is 6.22. The molecule has 6 nitrogen and oxygen atoms in total. The zero-order valence-corrected chi connectivity index (χ0v) is 16.2. The first-order chi connectivity index (χ1) is 13.2. The fourth-order valence-corrected chi connectivity index (χ4v) is 3.61. The molecule has 0 radical (unpaired) electrons. The van der Waals surface area contributed by atoms with Crippen molar-refractivity contribution in [2.75, 3.05) is 6.61 Å². The van der Waals surface area contributed by atoms with Crippen LogP contribution >= 0.6 is 0 Å². The third-order valence-electron chi connectivity index (χ3n) is 4.86. The molecule has 1 aliphatic heterocycles. The lowest BCUT2D eigenvalue weighted by molar-refractivity contribution is -0.146. The number of hydrogen-bond acceptors (Lipinski definition) is 5. The number of fused-ring (bicyclic) bond motifs is 1. The quantitative estimate of drug-likeness (QED) is 0.453. The number of amides is 2. The second-order valence-electron chi connectivity index (χ2n) is 7.01. The summed E-state index contributed by atoms with van der Waals surface area (Å²) >= 11 is 0. The molecule has 0 saturated carbocycles. The van der Waals surface area contributed by atoms with E-state index in [1.165, 1.54) is 6.92 Å². The molecule has 0 aliphatic carbocycles. The molecule has 2 amide bonds. The third-order valence-corrected chi connectivity index (χ3v) is 4.86. The molecule has 0 aromatic heterocycles. The smallest absolute Gasteiger partial charge is 0.329 e. The molecule has 0 bridgehead atoms. The highest BCUT2D eigenvalue weighted by Crippen LogP contribution is 2.25. The molecule has 0 N–H and O–H groups in total. The van der Waals surface area contributed by atoms with Crippen LogP contribution in [0.5, 0.6) is 0 Å². The lowest BCUT2D eigenvalue weighted by Gasteiger charge is -2.21. The normalized spacial score (nSPS) is 14.1. The van der Waals surface area contributed by atoms with Crippen molar-refractivity contribution in [2.45, 2.75) is 33.7 Å². The number of aryl methyl sites for hydroxylation is 3. The van der Waals surface area contributed by atoms with Crippen molar-refractivity contribution >= 4 is 23.6 Å². The van der Waals surface area contributed by atoms with Gasteiger partial charge in [-0.15, -0.1) is 0 Å². The summed E-state index contributed by atoms with van der Waals surface area (Å²) in [5.74, 6) is -2.20. The Morgan fingerprint density at radius 1 is 0.964 bits per heavy atom. The number of hydrogen-bond donors (Lipinski definition) is 0. The molecule has 6 heteroatoms. The minimum Gasteiger partial charge on any atom is -0.456 e. The Labute approximate surface area is 163 Å². The Balaban J connectivity index is 1.70. The molecule has 144 valence electrons. The summed E-state index contributed by atoms with van der Waals surface area (Å²) in [5, 5.41) is 0. The summed E-state index contributed by atoms with van der Waals surface area (Å²) in [6.45, 7) is 6.57. The maximum Gasteiger partial charge on any atom is 0.329 e. The van der Waals surface area contributed by atoms with Crippen molar-refractivity contribution in [3.8, 4) is 0 Å². The molecule has 1 aliphatic rings. The van der Waals surface area contributed by atoms with E-state index in [1.807, 2.05) is 32.9 Å². The van der Waals surface area contributed by atoms with Gasteiger partial charge in [0.15, 0.2) is 6.61 Å². The molecular formula is C22H21NO5. The summed E-state index contributed by atoms with van der Waals surface area (Å²) < 4.78 is 5.13. The maximum absolute atomic E-state index is 12.5. The van der Waals surface area contributed by atoms with Crippen LogP contribution in [0.2, 0.25) is 0 Å². The number of Topliss-reactive ketones (excluding diaryl/α,β-unsaturated/α-hetero) is 1. The molecule has 1 atom stereocenters. The lowest BCUT2D eigenvalue weighted by atomic mass is 9.97. The van der Waals surface area contributed by atoms with Crippen LogP contribution in [-0.4, -0.2) is 41.1 Å². The van der Waals surface area contributed by atoms with Crippen LogP contribution in [0.25, 0.3) is 0 Å². The first kappa shape index (κ1) is 19.5.